The van der Waals surface area contributed by atoms with Crippen molar-refractivity contribution >= 4 is 17.9 Å². The van der Waals surface area contributed by atoms with Crippen LogP contribution in [0, 0.1) is 11.8 Å². The van der Waals surface area contributed by atoms with Crippen LogP contribution in [0.5, 0.6) is 0 Å². The Kier molecular flexibility index (Phi) is 20.6. The van der Waals surface area contributed by atoms with E-state index in [4.69, 9.17) is 14.2 Å². The maximum atomic E-state index is 13.2. The zero-order chi connectivity index (χ0) is 29.5. The van der Waals surface area contributed by atoms with Crippen molar-refractivity contribution in [1.29, 1.82) is 0 Å². The monoisotopic (exact) mass is 564 g/mol. The third kappa shape index (κ3) is 15.2. The number of carbonyl (C=O) groups is 3. The average Bonchev–Trinajstić information content (AvgIpc) is 2.96. The molecule has 0 saturated heterocycles. The van der Waals surface area contributed by atoms with Gasteiger partial charge in [-0.25, -0.2) is 9.59 Å². The molecule has 1 atom stereocenters. The summed E-state index contributed by atoms with van der Waals surface area (Å²) in [5.74, 6) is -1.30. The predicted octanol–water partition coefficient (Wildman–Crippen LogP) is 9.04. The summed E-state index contributed by atoms with van der Waals surface area (Å²) < 4.78 is 16.9. The number of hydrogen-bond acceptors (Lipinski definition) is 6. The molecule has 0 N–H and O–H groups in total. The van der Waals surface area contributed by atoms with E-state index in [-0.39, 0.29) is 24.7 Å². The molecule has 6 heteroatoms. The van der Waals surface area contributed by atoms with Gasteiger partial charge in [-0.3, -0.25) is 4.79 Å². The third-order valence-electron chi connectivity index (χ3n) is 8.32. The minimum absolute atomic E-state index is 0.206. The molecule has 0 aromatic carbocycles. The first-order chi connectivity index (χ1) is 19.4. The highest BCUT2D eigenvalue weighted by molar-refractivity contribution is 5.88. The number of esters is 3. The maximum Gasteiger partial charge on any atom is 0.350 e. The Hall–Kier alpha value is -1.85. The summed E-state index contributed by atoms with van der Waals surface area (Å²) in [6, 6.07) is 0. The van der Waals surface area contributed by atoms with Crippen LogP contribution in [-0.2, 0) is 28.6 Å². The van der Waals surface area contributed by atoms with E-state index in [9.17, 15) is 14.4 Å². The number of hydrogen-bond donors (Lipinski definition) is 0. The van der Waals surface area contributed by atoms with Crippen LogP contribution in [0.3, 0.4) is 0 Å². The quantitative estimate of drug-likeness (QED) is 0.0503. The number of unbranched alkanes of at least 4 members (excludes halogenated alkanes) is 12. The molecule has 1 aliphatic carbocycles. The van der Waals surface area contributed by atoms with E-state index in [1.165, 1.54) is 64.2 Å². The van der Waals surface area contributed by atoms with E-state index < -0.39 is 17.5 Å². The zero-order valence-electron chi connectivity index (χ0n) is 26.2. The Morgan fingerprint density at radius 2 is 1.30 bits per heavy atom. The van der Waals surface area contributed by atoms with Crippen LogP contribution < -0.4 is 0 Å². The first-order valence-corrected chi connectivity index (χ1v) is 16.6. The summed E-state index contributed by atoms with van der Waals surface area (Å²) in [4.78, 5) is 38.0. The third-order valence-corrected chi connectivity index (χ3v) is 8.32. The van der Waals surface area contributed by atoms with Gasteiger partial charge in [0.05, 0.1) is 19.1 Å². The molecular formula is C34H60O6. The van der Waals surface area contributed by atoms with Crippen molar-refractivity contribution in [2.45, 2.75) is 161 Å². The average molecular weight is 565 g/mol. The minimum Gasteiger partial charge on any atom is -0.465 e. The second-order valence-corrected chi connectivity index (χ2v) is 11.8. The van der Waals surface area contributed by atoms with Gasteiger partial charge < -0.3 is 14.2 Å². The first kappa shape index (κ1) is 36.2. The van der Waals surface area contributed by atoms with Crippen LogP contribution in [0.25, 0.3) is 0 Å². The molecule has 0 heterocycles. The van der Waals surface area contributed by atoms with Gasteiger partial charge in [-0.1, -0.05) is 117 Å². The smallest absolute Gasteiger partial charge is 0.350 e. The van der Waals surface area contributed by atoms with Crippen LogP contribution in [0.2, 0.25) is 0 Å². The lowest BCUT2D eigenvalue weighted by Crippen LogP contribution is -2.48. The molecule has 0 aliphatic heterocycles. The lowest BCUT2D eigenvalue weighted by Gasteiger charge is -2.36. The van der Waals surface area contributed by atoms with Crippen LogP contribution in [0.4, 0.5) is 0 Å². The summed E-state index contributed by atoms with van der Waals surface area (Å²) in [6.45, 7) is 10.8. The van der Waals surface area contributed by atoms with Gasteiger partial charge in [0.1, 0.15) is 0 Å². The fourth-order valence-corrected chi connectivity index (χ4v) is 5.69. The SMILES string of the molecule is C=CC(=O)OC1(C(=O)OCC(CCC)CCCCC)CCC(C(=O)OCCCCCCCCCCCCC)CC1. The van der Waals surface area contributed by atoms with Gasteiger partial charge >= 0.3 is 17.9 Å². The normalized spacial score (nSPS) is 19.5. The van der Waals surface area contributed by atoms with Gasteiger partial charge in [-0.05, 0) is 50.9 Å². The second-order valence-electron chi connectivity index (χ2n) is 11.8. The maximum absolute atomic E-state index is 13.2. The molecule has 0 bridgehead atoms. The van der Waals surface area contributed by atoms with E-state index in [0.29, 0.717) is 32.0 Å². The topological polar surface area (TPSA) is 78.9 Å². The van der Waals surface area contributed by atoms with Crippen molar-refractivity contribution in [2.75, 3.05) is 13.2 Å². The fraction of sp³-hybridized carbons (Fsp3) is 0.853. The summed E-state index contributed by atoms with van der Waals surface area (Å²) >= 11 is 0. The Morgan fingerprint density at radius 1 is 0.750 bits per heavy atom. The van der Waals surface area contributed by atoms with E-state index in [1.807, 2.05) is 0 Å². The predicted molar refractivity (Wildman–Crippen MR) is 162 cm³/mol. The van der Waals surface area contributed by atoms with Crippen molar-refractivity contribution < 1.29 is 28.6 Å². The van der Waals surface area contributed by atoms with Gasteiger partial charge in [0.15, 0.2) is 0 Å². The highest BCUT2D eigenvalue weighted by atomic mass is 16.6. The van der Waals surface area contributed by atoms with Crippen molar-refractivity contribution in [3.8, 4) is 0 Å². The molecule has 0 spiro atoms. The van der Waals surface area contributed by atoms with Gasteiger partial charge in [0.2, 0.25) is 5.60 Å². The van der Waals surface area contributed by atoms with Gasteiger partial charge in [0.25, 0.3) is 0 Å². The largest absolute Gasteiger partial charge is 0.465 e. The highest BCUT2D eigenvalue weighted by Gasteiger charge is 2.48. The molecule has 1 rings (SSSR count). The minimum atomic E-state index is -1.35. The van der Waals surface area contributed by atoms with Crippen LogP contribution in [-0.4, -0.2) is 36.7 Å². The first-order valence-electron chi connectivity index (χ1n) is 16.6. The van der Waals surface area contributed by atoms with Crippen molar-refractivity contribution in [3.63, 3.8) is 0 Å². The zero-order valence-corrected chi connectivity index (χ0v) is 26.2. The molecule has 1 fully saturated rings. The van der Waals surface area contributed by atoms with E-state index in [1.54, 1.807) is 0 Å². The van der Waals surface area contributed by atoms with Crippen molar-refractivity contribution in [1.82, 2.24) is 0 Å². The van der Waals surface area contributed by atoms with E-state index in [2.05, 4.69) is 27.4 Å². The highest BCUT2D eigenvalue weighted by Crippen LogP contribution is 2.37. The van der Waals surface area contributed by atoms with Gasteiger partial charge in [0, 0.05) is 6.08 Å². The van der Waals surface area contributed by atoms with Crippen molar-refractivity contribution in [3.05, 3.63) is 12.7 Å². The van der Waals surface area contributed by atoms with Crippen LogP contribution >= 0.6 is 0 Å². The fourth-order valence-electron chi connectivity index (χ4n) is 5.69. The molecule has 232 valence electrons. The van der Waals surface area contributed by atoms with Crippen LogP contribution in [0.15, 0.2) is 12.7 Å². The van der Waals surface area contributed by atoms with E-state index >= 15 is 0 Å². The number of rotatable bonds is 24. The molecule has 40 heavy (non-hydrogen) atoms. The molecule has 0 aromatic rings. The van der Waals surface area contributed by atoms with Gasteiger partial charge in [-0.2, -0.15) is 0 Å². The second kappa shape index (κ2) is 22.8. The Balaban J connectivity index is 2.41. The standard InChI is InChI=1S/C34H60O6/c1-5-9-11-12-13-14-15-16-17-18-20-27-38-32(36)30-23-25-34(26-24-30,40-31(35)8-4)33(37)39-28-29(21-7-3)22-19-10-6-2/h8,29-30H,4-7,9-28H2,1-3H3. The van der Waals surface area contributed by atoms with Gasteiger partial charge in [-0.15, -0.1) is 0 Å². The summed E-state index contributed by atoms with van der Waals surface area (Å²) in [7, 11) is 0. The summed E-state index contributed by atoms with van der Waals surface area (Å²) in [5.41, 5.74) is -1.35. The lowest BCUT2D eigenvalue weighted by molar-refractivity contribution is -0.187. The molecule has 1 saturated carbocycles. The van der Waals surface area contributed by atoms with E-state index in [0.717, 1.165) is 51.0 Å². The Labute approximate surface area is 245 Å². The summed E-state index contributed by atoms with van der Waals surface area (Å²) in [6.07, 6.45) is 22.8. The Morgan fingerprint density at radius 3 is 1.85 bits per heavy atom. The lowest BCUT2D eigenvalue weighted by atomic mass is 9.78. The summed E-state index contributed by atoms with van der Waals surface area (Å²) in [5, 5.41) is 0. The molecule has 1 unspecified atom stereocenters. The molecular weight excluding hydrogens is 504 g/mol. The number of carbonyl (C=O) groups excluding carboxylic acids is 3. The Bertz CT molecular complexity index is 695. The molecule has 6 nitrogen and oxygen atoms in total. The van der Waals surface area contributed by atoms with Crippen LogP contribution in [0.1, 0.15) is 156 Å². The molecule has 0 aromatic heterocycles. The van der Waals surface area contributed by atoms with Crippen molar-refractivity contribution in [2.24, 2.45) is 11.8 Å². The molecule has 0 amide bonds. The molecule has 1 aliphatic rings. The molecule has 0 radical (unpaired) electrons. The number of ether oxygens (including phenoxy) is 3.